The summed E-state index contributed by atoms with van der Waals surface area (Å²) in [6.07, 6.45) is 2.20. The van der Waals surface area contributed by atoms with Crippen LogP contribution in [0.4, 0.5) is 5.82 Å². The Morgan fingerprint density at radius 2 is 1.90 bits per heavy atom. The molecule has 2 N–H and O–H groups in total. The fourth-order valence-corrected chi connectivity index (χ4v) is 4.95. The Labute approximate surface area is 256 Å². The molecule has 2 heterocycles. The van der Waals surface area contributed by atoms with Gasteiger partial charge in [-0.2, -0.15) is 0 Å². The monoisotopic (exact) mass is 617 g/mol. The number of anilines is 1. The van der Waals surface area contributed by atoms with Crippen LogP contribution in [0.25, 0.3) is 21.9 Å². The van der Waals surface area contributed by atoms with Crippen molar-refractivity contribution in [3.63, 3.8) is 0 Å². The van der Waals surface area contributed by atoms with E-state index >= 15 is 0 Å². The lowest BCUT2D eigenvalue weighted by atomic mass is 10.1. The number of pyridine rings is 1. The number of nitrogens with two attached hydrogens (primary N) is 1. The summed E-state index contributed by atoms with van der Waals surface area (Å²) in [6, 6.07) is 15.2. The van der Waals surface area contributed by atoms with E-state index in [2.05, 4.69) is 9.55 Å². The van der Waals surface area contributed by atoms with Crippen LogP contribution in [0, 0.1) is 0 Å². The minimum atomic E-state index is -0.431. The number of carbonyl (C=O) groups is 2. The lowest BCUT2D eigenvalue weighted by Gasteiger charge is -2.22. The fraction of sp³-hybridized carbons (Fsp3) is 0.400. The van der Waals surface area contributed by atoms with Crippen molar-refractivity contribution in [1.82, 2.24) is 19.4 Å². The van der Waals surface area contributed by atoms with Crippen LogP contribution in [0.1, 0.15) is 31.2 Å². The number of carbonyl (C=O) groups excluding carboxylic acids is 2. The molecular weight excluding hydrogens is 581 g/mol. The Hall–Kier alpha value is -3.60. The van der Waals surface area contributed by atoms with Gasteiger partial charge in [0.2, 0.25) is 5.91 Å². The number of ether oxygens (including phenoxy) is 3. The van der Waals surface area contributed by atoms with Crippen molar-refractivity contribution >= 4 is 63.6 Å². The van der Waals surface area contributed by atoms with Gasteiger partial charge in [-0.25, -0.2) is 14.8 Å². The molecule has 0 radical (unpaired) electrons. The first-order valence-corrected chi connectivity index (χ1v) is 14.2. The van der Waals surface area contributed by atoms with Gasteiger partial charge in [0.15, 0.2) is 12.4 Å². The van der Waals surface area contributed by atoms with Crippen molar-refractivity contribution < 1.29 is 23.8 Å². The molecular formula is C30H37Cl2N5O5. The predicted octanol–water partition coefficient (Wildman–Crippen LogP) is 4.77. The van der Waals surface area contributed by atoms with Crippen molar-refractivity contribution in [3.05, 3.63) is 59.9 Å². The number of fused-ring (bicyclic) bond motifs is 3. The highest BCUT2D eigenvalue weighted by Gasteiger charge is 2.18. The number of amides is 1. The number of nitrogens with zero attached hydrogens (tertiary/aromatic N) is 4. The Morgan fingerprint density at radius 3 is 2.67 bits per heavy atom. The zero-order valence-electron chi connectivity index (χ0n) is 23.9. The average Bonchev–Trinajstić information content (AvgIpc) is 3.35. The molecule has 0 unspecified atom stereocenters. The molecule has 0 saturated carbocycles. The lowest BCUT2D eigenvalue weighted by molar-refractivity contribution is -0.145. The van der Waals surface area contributed by atoms with Crippen LogP contribution in [0.3, 0.4) is 0 Å². The van der Waals surface area contributed by atoms with E-state index in [4.69, 9.17) is 36.5 Å². The van der Waals surface area contributed by atoms with Crippen LogP contribution in [-0.4, -0.2) is 70.7 Å². The van der Waals surface area contributed by atoms with E-state index in [0.717, 1.165) is 40.6 Å². The van der Waals surface area contributed by atoms with Gasteiger partial charge in [-0.3, -0.25) is 4.79 Å². The highest BCUT2D eigenvalue weighted by atomic mass is 35.5. The van der Waals surface area contributed by atoms with Crippen LogP contribution >= 0.6 is 24.0 Å². The minimum Gasteiger partial charge on any atom is -0.482 e. The number of hydrogen-bond donors (Lipinski definition) is 1. The summed E-state index contributed by atoms with van der Waals surface area (Å²) in [5, 5.41) is 0.997. The van der Waals surface area contributed by atoms with Crippen molar-refractivity contribution in [3.8, 4) is 5.75 Å². The first kappa shape index (κ1) is 32.9. The topological polar surface area (TPSA) is 122 Å². The van der Waals surface area contributed by atoms with Gasteiger partial charge in [-0.15, -0.1) is 24.0 Å². The highest BCUT2D eigenvalue weighted by molar-refractivity contribution is 6.27. The van der Waals surface area contributed by atoms with Crippen LogP contribution in [-0.2, 0) is 38.6 Å². The molecule has 4 rings (SSSR count). The molecule has 10 nitrogen and oxygen atoms in total. The number of rotatable bonds is 15. The second kappa shape index (κ2) is 16.1. The number of benzene rings is 2. The van der Waals surface area contributed by atoms with E-state index in [-0.39, 0.29) is 30.8 Å². The Bertz CT molecular complexity index is 1500. The molecule has 4 aromatic rings. The first-order valence-electron chi connectivity index (χ1n) is 13.7. The molecule has 2 aromatic heterocycles. The van der Waals surface area contributed by atoms with Crippen LogP contribution in [0.15, 0.2) is 48.5 Å². The predicted molar refractivity (Wildman–Crippen MR) is 166 cm³/mol. The van der Waals surface area contributed by atoms with Gasteiger partial charge >= 0.3 is 5.97 Å². The normalized spacial score (nSPS) is 10.9. The molecule has 0 atom stereocenters. The number of nitrogen functional groups attached to an aromatic ring is 1. The number of halogens is 2. The molecule has 0 bridgehead atoms. The number of unbranched alkanes of at least 4 members (excludes halogenated alkanes) is 1. The van der Waals surface area contributed by atoms with Crippen molar-refractivity contribution in [2.45, 2.75) is 39.3 Å². The summed E-state index contributed by atoms with van der Waals surface area (Å²) in [6.45, 7) is 4.01. The Kier molecular flexibility index (Phi) is 12.7. The van der Waals surface area contributed by atoms with E-state index < -0.39 is 5.97 Å². The summed E-state index contributed by atoms with van der Waals surface area (Å²) in [4.78, 5) is 35.4. The second-order valence-corrected chi connectivity index (χ2v) is 9.80. The molecule has 2 aromatic carbocycles. The number of hydrogen-bond acceptors (Lipinski definition) is 8. The molecule has 0 saturated heterocycles. The van der Waals surface area contributed by atoms with Gasteiger partial charge in [-0.05, 0) is 43.5 Å². The smallest absolute Gasteiger partial charge is 0.344 e. The number of aryl methyl sites for hydroxylation is 1. The van der Waals surface area contributed by atoms with Crippen LogP contribution in [0.2, 0.25) is 0 Å². The number of esters is 1. The molecule has 0 fully saturated rings. The van der Waals surface area contributed by atoms with E-state index in [9.17, 15) is 9.59 Å². The number of aromatic nitrogens is 3. The molecule has 0 aliphatic heterocycles. The van der Waals surface area contributed by atoms with Gasteiger partial charge in [0.25, 0.3) is 0 Å². The largest absolute Gasteiger partial charge is 0.482 e. The third-order valence-electron chi connectivity index (χ3n) is 6.68. The van der Waals surface area contributed by atoms with Gasteiger partial charge in [0.05, 0.1) is 24.2 Å². The van der Waals surface area contributed by atoms with E-state index in [1.807, 2.05) is 42.5 Å². The zero-order chi connectivity index (χ0) is 29.2. The quantitative estimate of drug-likeness (QED) is 0.115. The van der Waals surface area contributed by atoms with Crippen LogP contribution < -0.4 is 10.5 Å². The third kappa shape index (κ3) is 8.24. The van der Waals surface area contributed by atoms with Crippen LogP contribution in [0.5, 0.6) is 5.75 Å². The molecule has 1 amide bonds. The molecule has 0 aliphatic rings. The number of methoxy groups -OCH3 is 1. The third-order valence-corrected chi connectivity index (χ3v) is 6.91. The summed E-state index contributed by atoms with van der Waals surface area (Å²) >= 11 is 5.95. The molecule has 226 valence electrons. The summed E-state index contributed by atoms with van der Waals surface area (Å²) in [7, 11) is 1.67. The van der Waals surface area contributed by atoms with E-state index in [1.54, 1.807) is 25.0 Å². The SMILES string of the molecule is CCOC(=O)COc1cccc(CN(CCCCn2c(CCOC)nc3c(N)nc4ccccc4c32)C(=O)CCl)c1.Cl. The molecule has 12 heteroatoms. The maximum Gasteiger partial charge on any atom is 0.344 e. The van der Waals surface area contributed by atoms with E-state index in [1.165, 1.54) is 0 Å². The Balaban J connectivity index is 0.00000484. The molecule has 0 spiro atoms. The maximum atomic E-state index is 12.7. The summed E-state index contributed by atoms with van der Waals surface area (Å²) < 4.78 is 18.0. The average molecular weight is 619 g/mol. The number of alkyl halides is 1. The summed E-state index contributed by atoms with van der Waals surface area (Å²) in [5.74, 6) is 1.14. The Morgan fingerprint density at radius 1 is 1.10 bits per heavy atom. The standard InChI is InChI=1S/C30H36ClN5O5.ClH/c1-3-40-27(38)20-41-22-10-8-9-21(17-22)19-35(26(37)18-31)14-6-7-15-36-25(13-16-39-2)34-28-29(36)23-11-4-5-12-24(23)33-30(28)32;/h4-5,8-12,17H,3,6-7,13-16,18-20H2,1-2H3,(H2,32,33);1H. The van der Waals surface area contributed by atoms with Crippen molar-refractivity contribution in [1.29, 1.82) is 0 Å². The number of imidazole rings is 1. The van der Waals surface area contributed by atoms with E-state index in [0.29, 0.717) is 56.4 Å². The zero-order valence-corrected chi connectivity index (χ0v) is 25.5. The number of para-hydroxylation sites is 1. The fourth-order valence-electron chi connectivity index (χ4n) is 4.78. The summed E-state index contributed by atoms with van der Waals surface area (Å²) in [5.41, 5.74) is 9.66. The van der Waals surface area contributed by atoms with Gasteiger partial charge in [0.1, 0.15) is 23.0 Å². The van der Waals surface area contributed by atoms with Gasteiger partial charge < -0.3 is 29.4 Å². The second-order valence-electron chi connectivity index (χ2n) is 9.53. The highest BCUT2D eigenvalue weighted by Crippen LogP contribution is 2.29. The maximum absolute atomic E-state index is 12.7. The lowest BCUT2D eigenvalue weighted by Crippen LogP contribution is -2.32. The van der Waals surface area contributed by atoms with Gasteiger partial charge in [0, 0.05) is 38.6 Å². The molecule has 0 aliphatic carbocycles. The van der Waals surface area contributed by atoms with Crippen molar-refractivity contribution in [2.24, 2.45) is 0 Å². The van der Waals surface area contributed by atoms with Gasteiger partial charge in [-0.1, -0.05) is 30.3 Å². The molecule has 42 heavy (non-hydrogen) atoms. The minimum absolute atomic E-state index is 0. The first-order chi connectivity index (χ1) is 19.9. The van der Waals surface area contributed by atoms with Crippen molar-refractivity contribution in [2.75, 3.05) is 45.1 Å².